The second-order valence-electron chi connectivity index (χ2n) is 6.65. The molecule has 8 nitrogen and oxygen atoms in total. The Labute approximate surface area is 150 Å². The first-order valence-electron chi connectivity index (χ1n) is 8.65. The maximum absolute atomic E-state index is 12.7. The average Bonchev–Trinajstić information content (AvgIpc) is 3.02. The van der Waals surface area contributed by atoms with Gasteiger partial charge in [-0.05, 0) is 37.8 Å². The van der Waals surface area contributed by atoms with Crippen LogP contribution >= 0.6 is 0 Å². The summed E-state index contributed by atoms with van der Waals surface area (Å²) in [5.41, 5.74) is 9.36. The van der Waals surface area contributed by atoms with E-state index in [1.54, 1.807) is 0 Å². The Kier molecular flexibility index (Phi) is 3.84. The third kappa shape index (κ3) is 2.58. The molecular formula is C18H19N7O. The van der Waals surface area contributed by atoms with Crippen molar-refractivity contribution >= 4 is 22.9 Å². The van der Waals surface area contributed by atoms with Crippen LogP contribution in [0.25, 0.3) is 0 Å². The van der Waals surface area contributed by atoms with Gasteiger partial charge in [-0.1, -0.05) is 24.6 Å². The zero-order valence-electron chi connectivity index (χ0n) is 14.2. The minimum absolute atomic E-state index is 0.0468. The lowest BCUT2D eigenvalue weighted by atomic mass is 9.90. The van der Waals surface area contributed by atoms with Gasteiger partial charge in [-0.25, -0.2) is 4.68 Å². The van der Waals surface area contributed by atoms with Crippen molar-refractivity contribution in [2.45, 2.75) is 37.8 Å². The van der Waals surface area contributed by atoms with Crippen molar-refractivity contribution < 1.29 is 0 Å². The number of azo groups is 1. The summed E-state index contributed by atoms with van der Waals surface area (Å²) in [4.78, 5) is 12.7. The van der Waals surface area contributed by atoms with E-state index in [1.807, 2.05) is 36.4 Å². The molecule has 1 saturated carbocycles. The Bertz CT molecular complexity index is 966. The van der Waals surface area contributed by atoms with Crippen LogP contribution in [0.3, 0.4) is 0 Å². The van der Waals surface area contributed by atoms with Crippen LogP contribution in [-0.2, 0) is 0 Å². The molecule has 0 amide bonds. The SMILES string of the molecule is N#Cc1c(N)c(N=Nc2ccccc2)c2n(c1=O)NC1(CCCCC1)N2. The second-order valence-corrected chi connectivity index (χ2v) is 6.65. The van der Waals surface area contributed by atoms with Crippen molar-refractivity contribution in [1.29, 1.82) is 5.26 Å². The highest BCUT2D eigenvalue weighted by Gasteiger charge is 2.40. The first kappa shape index (κ1) is 16.1. The van der Waals surface area contributed by atoms with Gasteiger partial charge in [-0.2, -0.15) is 10.4 Å². The minimum atomic E-state index is -0.464. The fourth-order valence-electron chi connectivity index (χ4n) is 3.57. The first-order chi connectivity index (χ1) is 12.6. The summed E-state index contributed by atoms with van der Waals surface area (Å²) in [6.07, 6.45) is 5.05. The molecule has 4 rings (SSSR count). The predicted molar refractivity (Wildman–Crippen MR) is 99.2 cm³/mol. The van der Waals surface area contributed by atoms with Crippen LogP contribution in [0.15, 0.2) is 45.4 Å². The molecule has 1 spiro atoms. The van der Waals surface area contributed by atoms with Crippen LogP contribution in [0.5, 0.6) is 0 Å². The molecule has 2 aromatic rings. The van der Waals surface area contributed by atoms with E-state index in [2.05, 4.69) is 21.0 Å². The second kappa shape index (κ2) is 6.19. The Morgan fingerprint density at radius 1 is 1.15 bits per heavy atom. The number of nitrogens with zero attached hydrogens (tertiary/aromatic N) is 4. The Balaban J connectivity index is 1.83. The molecule has 1 aliphatic heterocycles. The summed E-state index contributed by atoms with van der Waals surface area (Å²) in [6.45, 7) is 0. The molecule has 2 aliphatic rings. The third-order valence-electron chi connectivity index (χ3n) is 4.91. The summed E-state index contributed by atoms with van der Waals surface area (Å²) in [5.74, 6) is 0.466. The number of anilines is 2. The van der Waals surface area contributed by atoms with Crippen molar-refractivity contribution in [3.63, 3.8) is 0 Å². The van der Waals surface area contributed by atoms with Gasteiger partial charge in [0.15, 0.2) is 11.5 Å². The topological polar surface area (TPSA) is 121 Å². The van der Waals surface area contributed by atoms with Gasteiger partial charge in [-0.3, -0.25) is 10.2 Å². The molecule has 0 bridgehead atoms. The van der Waals surface area contributed by atoms with E-state index in [4.69, 9.17) is 5.73 Å². The Hall–Kier alpha value is -3.34. The number of nitrogens with one attached hydrogen (secondary N) is 2. The number of benzene rings is 1. The highest BCUT2D eigenvalue weighted by molar-refractivity contribution is 5.81. The van der Waals surface area contributed by atoms with Crippen LogP contribution < -0.4 is 22.0 Å². The zero-order chi connectivity index (χ0) is 18.1. The van der Waals surface area contributed by atoms with Gasteiger partial charge in [0.25, 0.3) is 5.56 Å². The summed E-state index contributed by atoms with van der Waals surface area (Å²) in [7, 11) is 0. The average molecular weight is 349 g/mol. The first-order valence-corrected chi connectivity index (χ1v) is 8.65. The zero-order valence-corrected chi connectivity index (χ0v) is 14.2. The third-order valence-corrected chi connectivity index (χ3v) is 4.91. The van der Waals surface area contributed by atoms with Crippen molar-refractivity contribution in [2.75, 3.05) is 16.5 Å². The van der Waals surface area contributed by atoms with Crippen molar-refractivity contribution in [3.8, 4) is 6.07 Å². The van der Waals surface area contributed by atoms with Gasteiger partial charge in [0.2, 0.25) is 0 Å². The van der Waals surface area contributed by atoms with Crippen LogP contribution in [0.1, 0.15) is 37.7 Å². The van der Waals surface area contributed by atoms with E-state index in [9.17, 15) is 10.1 Å². The number of fused-ring (bicyclic) bond motifs is 1. The molecule has 1 aromatic carbocycles. The molecule has 0 unspecified atom stereocenters. The molecule has 26 heavy (non-hydrogen) atoms. The molecule has 0 atom stereocenters. The smallest absolute Gasteiger partial charge is 0.290 e. The lowest BCUT2D eigenvalue weighted by molar-refractivity contribution is 0.353. The number of nitrogens with two attached hydrogens (primary N) is 1. The van der Waals surface area contributed by atoms with Gasteiger partial charge >= 0.3 is 0 Å². The molecule has 1 aromatic heterocycles. The van der Waals surface area contributed by atoms with Gasteiger partial charge < -0.3 is 11.1 Å². The van der Waals surface area contributed by atoms with E-state index in [1.165, 1.54) is 11.1 Å². The fraction of sp³-hybridized carbons (Fsp3) is 0.333. The van der Waals surface area contributed by atoms with E-state index in [0.29, 0.717) is 17.2 Å². The molecule has 1 aliphatic carbocycles. The summed E-state index contributed by atoms with van der Waals surface area (Å²) >= 11 is 0. The maximum atomic E-state index is 12.7. The fourth-order valence-corrected chi connectivity index (χ4v) is 3.57. The minimum Gasteiger partial charge on any atom is -0.396 e. The number of aromatic nitrogens is 1. The van der Waals surface area contributed by atoms with Crippen LogP contribution in [0.4, 0.5) is 22.9 Å². The van der Waals surface area contributed by atoms with E-state index < -0.39 is 11.2 Å². The highest BCUT2D eigenvalue weighted by atomic mass is 16.1. The lowest BCUT2D eigenvalue weighted by Gasteiger charge is -2.33. The largest absolute Gasteiger partial charge is 0.396 e. The van der Waals surface area contributed by atoms with Crippen molar-refractivity contribution in [2.24, 2.45) is 10.2 Å². The molecule has 0 saturated heterocycles. The monoisotopic (exact) mass is 349 g/mol. The van der Waals surface area contributed by atoms with E-state index in [0.717, 1.165) is 25.7 Å². The Morgan fingerprint density at radius 2 is 1.88 bits per heavy atom. The maximum Gasteiger partial charge on any atom is 0.290 e. The predicted octanol–water partition coefficient (Wildman–Crippen LogP) is 3.35. The molecule has 1 fully saturated rings. The number of rotatable bonds is 2. The molecule has 8 heteroatoms. The highest BCUT2D eigenvalue weighted by Crippen LogP contribution is 2.41. The van der Waals surface area contributed by atoms with Crippen molar-refractivity contribution in [3.05, 3.63) is 46.2 Å². The quantitative estimate of drug-likeness (QED) is 0.718. The number of hydrogen-bond donors (Lipinski definition) is 3. The van der Waals surface area contributed by atoms with Crippen molar-refractivity contribution in [1.82, 2.24) is 4.68 Å². The Morgan fingerprint density at radius 3 is 2.58 bits per heavy atom. The lowest BCUT2D eigenvalue weighted by Crippen LogP contribution is -2.46. The van der Waals surface area contributed by atoms with Crippen LogP contribution in [-0.4, -0.2) is 10.3 Å². The number of hydrogen-bond acceptors (Lipinski definition) is 7. The molecule has 0 radical (unpaired) electrons. The number of nitriles is 1. The molecular weight excluding hydrogens is 330 g/mol. The normalized spacial score (nSPS) is 17.5. The molecule has 2 heterocycles. The van der Waals surface area contributed by atoms with E-state index >= 15 is 0 Å². The number of nitrogen functional groups attached to an aromatic ring is 1. The summed E-state index contributed by atoms with van der Waals surface area (Å²) in [6, 6.07) is 11.1. The summed E-state index contributed by atoms with van der Waals surface area (Å²) in [5, 5.41) is 21.2. The van der Waals surface area contributed by atoms with E-state index in [-0.39, 0.29) is 11.3 Å². The van der Waals surface area contributed by atoms with Crippen LogP contribution in [0, 0.1) is 11.3 Å². The van der Waals surface area contributed by atoms with Gasteiger partial charge in [0.1, 0.15) is 17.3 Å². The molecule has 4 N–H and O–H groups in total. The van der Waals surface area contributed by atoms with Crippen LogP contribution in [0.2, 0.25) is 0 Å². The number of pyridine rings is 1. The molecule has 132 valence electrons. The van der Waals surface area contributed by atoms with Gasteiger partial charge in [0, 0.05) is 0 Å². The standard InChI is InChI=1S/C18H19N7O/c19-11-13-14(20)15(23-22-12-7-3-1-4-8-12)16-21-18(9-5-2-6-10-18)24-25(16)17(13)26/h1,3-4,7-8,21,24H,2,5-6,9-10,20H2. The van der Waals surface area contributed by atoms with Gasteiger partial charge in [0.05, 0.1) is 11.4 Å². The van der Waals surface area contributed by atoms with Gasteiger partial charge in [-0.15, -0.1) is 5.11 Å². The summed E-state index contributed by atoms with van der Waals surface area (Å²) < 4.78 is 1.36.